The first kappa shape index (κ1) is 7.32. The summed E-state index contributed by atoms with van der Waals surface area (Å²) in [6.07, 6.45) is 0. The van der Waals surface area contributed by atoms with Gasteiger partial charge in [-0.3, -0.25) is 0 Å². The molecule has 0 spiro atoms. The number of rotatable bonds is 0. The maximum absolute atomic E-state index is 8.70. The summed E-state index contributed by atoms with van der Waals surface area (Å²) in [5.41, 5.74) is 1.36. The fourth-order valence-corrected chi connectivity index (χ4v) is 1.58. The third-order valence-corrected chi connectivity index (χ3v) is 2.19. The Bertz CT molecular complexity index is 467. The fourth-order valence-electron chi connectivity index (χ4n) is 1.11. The van der Waals surface area contributed by atoms with Gasteiger partial charge in [-0.05, 0) is 12.1 Å². The van der Waals surface area contributed by atoms with Gasteiger partial charge in [0.15, 0.2) is 5.69 Å². The van der Waals surface area contributed by atoms with Crippen molar-refractivity contribution in [3.05, 3.63) is 30.0 Å². The molecule has 2 rings (SSSR count). The van der Waals surface area contributed by atoms with E-state index in [1.54, 1.807) is 0 Å². The van der Waals surface area contributed by atoms with E-state index < -0.39 is 0 Å². The molecule has 0 saturated heterocycles. The fraction of sp³-hybridized carbons (Fsp3) is 0. The summed E-state index contributed by atoms with van der Waals surface area (Å²) in [6.45, 7) is 0. The largest absolute Gasteiger partial charge is 0.196 e. The third-order valence-electron chi connectivity index (χ3n) is 1.65. The van der Waals surface area contributed by atoms with Crippen LogP contribution < -0.4 is 0 Å². The summed E-state index contributed by atoms with van der Waals surface area (Å²) in [5, 5.41) is 13.6. The number of fused-ring (bicyclic) bond motifs is 1. The first-order valence-electron chi connectivity index (χ1n) is 3.37. The van der Waals surface area contributed by atoms with Crippen LogP contribution in [-0.2, 0) is 0 Å². The third kappa shape index (κ3) is 0.908. The van der Waals surface area contributed by atoms with Crippen LogP contribution in [0.4, 0.5) is 0 Å². The minimum absolute atomic E-state index is 0.447. The number of hydrogen-bond acceptors (Lipinski definition) is 2. The first-order valence-corrected chi connectivity index (χ1v) is 4.08. The molecule has 3 nitrogen and oxygen atoms in total. The molecule has 0 atom stereocenters. The maximum atomic E-state index is 8.70. The Balaban J connectivity index is 2.94. The second kappa shape index (κ2) is 2.61. The van der Waals surface area contributed by atoms with Crippen molar-refractivity contribution in [3.63, 3.8) is 0 Å². The first-order chi connectivity index (χ1) is 5.83. The Morgan fingerprint density at radius 3 is 2.92 bits per heavy atom. The second-order valence-electron chi connectivity index (χ2n) is 2.34. The van der Waals surface area contributed by atoms with Crippen LogP contribution in [-0.4, -0.2) is 8.81 Å². The molecule has 12 heavy (non-hydrogen) atoms. The summed E-state index contributed by atoms with van der Waals surface area (Å²) in [5.74, 6) is 0. The van der Waals surface area contributed by atoms with Crippen LogP contribution in [0.25, 0.3) is 10.9 Å². The van der Waals surface area contributed by atoms with Gasteiger partial charge >= 0.3 is 0 Å². The monoisotopic (exact) mass is 221 g/mol. The normalized spacial score (nSPS) is 10.0. The molecular weight excluding hydrogens is 218 g/mol. The van der Waals surface area contributed by atoms with Crippen LogP contribution in [0, 0.1) is 11.3 Å². The van der Waals surface area contributed by atoms with E-state index >= 15 is 0 Å². The van der Waals surface area contributed by atoms with Gasteiger partial charge in [0.2, 0.25) is 0 Å². The van der Waals surface area contributed by atoms with Crippen LogP contribution >= 0.6 is 16.1 Å². The van der Waals surface area contributed by atoms with Crippen molar-refractivity contribution >= 4 is 27.1 Å². The zero-order valence-corrected chi connectivity index (χ0v) is 7.62. The summed E-state index contributed by atoms with van der Waals surface area (Å²) >= 11 is 3.21. The molecule has 0 bridgehead atoms. The highest BCUT2D eigenvalue weighted by molar-refractivity contribution is 9.08. The lowest BCUT2D eigenvalue weighted by Crippen LogP contribution is -1.80. The number of hydrogen-bond donors (Lipinski definition) is 0. The summed E-state index contributed by atoms with van der Waals surface area (Å²) < 4.78 is 1.53. The van der Waals surface area contributed by atoms with Crippen LogP contribution in [0.3, 0.4) is 0 Å². The molecule has 0 aliphatic rings. The topological polar surface area (TPSA) is 41.6 Å². The van der Waals surface area contributed by atoms with Crippen molar-refractivity contribution in [2.75, 3.05) is 0 Å². The average Bonchev–Trinajstić information content (AvgIpc) is 2.44. The van der Waals surface area contributed by atoms with E-state index in [0.29, 0.717) is 5.69 Å². The highest BCUT2D eigenvalue weighted by Gasteiger charge is 2.06. The lowest BCUT2D eigenvalue weighted by Gasteiger charge is -1.87. The van der Waals surface area contributed by atoms with Crippen molar-refractivity contribution < 1.29 is 0 Å². The Morgan fingerprint density at radius 1 is 1.42 bits per heavy atom. The van der Waals surface area contributed by atoms with E-state index in [4.69, 9.17) is 5.26 Å². The van der Waals surface area contributed by atoms with Gasteiger partial charge in [0.25, 0.3) is 0 Å². The van der Waals surface area contributed by atoms with Gasteiger partial charge in [-0.1, -0.05) is 12.1 Å². The average molecular weight is 222 g/mol. The number of halogens is 1. The number of aromatic nitrogens is 2. The highest BCUT2D eigenvalue weighted by atomic mass is 79.9. The van der Waals surface area contributed by atoms with E-state index in [1.165, 1.54) is 3.71 Å². The van der Waals surface area contributed by atoms with Gasteiger partial charge in [0, 0.05) is 5.39 Å². The summed E-state index contributed by atoms with van der Waals surface area (Å²) in [7, 11) is 0. The number of para-hydroxylation sites is 1. The van der Waals surface area contributed by atoms with Crippen molar-refractivity contribution in [1.29, 1.82) is 5.26 Å². The molecular formula is C8H4BrN3. The van der Waals surface area contributed by atoms with Crippen LogP contribution in [0.15, 0.2) is 24.3 Å². The van der Waals surface area contributed by atoms with Crippen LogP contribution in [0.5, 0.6) is 0 Å². The summed E-state index contributed by atoms with van der Waals surface area (Å²) in [6, 6.07) is 9.60. The van der Waals surface area contributed by atoms with Gasteiger partial charge in [0.1, 0.15) is 6.07 Å². The van der Waals surface area contributed by atoms with E-state index in [1.807, 2.05) is 30.3 Å². The maximum Gasteiger partial charge on any atom is 0.171 e. The minimum atomic E-state index is 0.447. The Labute approximate surface area is 77.6 Å². The molecule has 1 aromatic carbocycles. The molecule has 0 saturated carbocycles. The van der Waals surface area contributed by atoms with E-state index in [-0.39, 0.29) is 0 Å². The molecule has 4 heteroatoms. The molecule has 0 N–H and O–H groups in total. The molecule has 58 valence electrons. The number of nitrogens with zero attached hydrogens (tertiary/aromatic N) is 3. The van der Waals surface area contributed by atoms with Gasteiger partial charge in [-0.2, -0.15) is 8.97 Å². The molecule has 1 heterocycles. The molecule has 0 unspecified atom stereocenters. The zero-order valence-electron chi connectivity index (χ0n) is 6.03. The molecule has 0 radical (unpaired) electrons. The van der Waals surface area contributed by atoms with E-state index in [9.17, 15) is 0 Å². The molecule has 2 aromatic rings. The SMILES string of the molecule is N#Cc1nn(Br)c2ccccc12. The van der Waals surface area contributed by atoms with Crippen molar-refractivity contribution in [3.8, 4) is 6.07 Å². The van der Waals surface area contributed by atoms with E-state index in [2.05, 4.69) is 21.2 Å². The van der Waals surface area contributed by atoms with Crippen LogP contribution in [0.1, 0.15) is 5.69 Å². The van der Waals surface area contributed by atoms with Crippen molar-refractivity contribution in [1.82, 2.24) is 8.81 Å². The molecule has 0 amide bonds. The standard InChI is InChI=1S/C8H4BrN3/c9-12-8-4-2-1-3-6(8)7(5-10)11-12/h1-4H. The smallest absolute Gasteiger partial charge is 0.171 e. The van der Waals surface area contributed by atoms with Crippen molar-refractivity contribution in [2.45, 2.75) is 0 Å². The lowest BCUT2D eigenvalue weighted by atomic mass is 10.2. The van der Waals surface area contributed by atoms with Gasteiger partial charge < -0.3 is 0 Å². The molecule has 1 aromatic heterocycles. The van der Waals surface area contributed by atoms with Gasteiger partial charge in [0.05, 0.1) is 21.7 Å². The zero-order chi connectivity index (χ0) is 8.55. The molecule has 0 fully saturated rings. The van der Waals surface area contributed by atoms with Crippen LogP contribution in [0.2, 0.25) is 0 Å². The minimum Gasteiger partial charge on any atom is -0.196 e. The van der Waals surface area contributed by atoms with Crippen molar-refractivity contribution in [2.24, 2.45) is 0 Å². The van der Waals surface area contributed by atoms with Gasteiger partial charge in [-0.15, -0.1) is 5.10 Å². The number of benzene rings is 1. The highest BCUT2D eigenvalue weighted by Crippen LogP contribution is 2.18. The predicted molar refractivity (Wildman–Crippen MR) is 48.8 cm³/mol. The number of nitriles is 1. The Kier molecular flexibility index (Phi) is 1.59. The van der Waals surface area contributed by atoms with E-state index in [0.717, 1.165) is 10.9 Å². The van der Waals surface area contributed by atoms with Gasteiger partial charge in [-0.25, -0.2) is 0 Å². The summed E-state index contributed by atoms with van der Waals surface area (Å²) in [4.78, 5) is 0. The predicted octanol–water partition coefficient (Wildman–Crippen LogP) is 2.07. The Hall–Kier alpha value is -1.34. The molecule has 0 aliphatic carbocycles. The lowest BCUT2D eigenvalue weighted by molar-refractivity contribution is 1.04. The second-order valence-corrected chi connectivity index (χ2v) is 3.01. The molecule has 0 aliphatic heterocycles. The Morgan fingerprint density at radius 2 is 2.17 bits per heavy atom. The quantitative estimate of drug-likeness (QED) is 0.684.